The van der Waals surface area contributed by atoms with E-state index in [0.717, 1.165) is 66.7 Å². The van der Waals surface area contributed by atoms with Crippen molar-refractivity contribution in [1.82, 2.24) is 4.90 Å². The maximum atomic E-state index is 13.3. The highest BCUT2D eigenvalue weighted by Gasteiger charge is 2.39. The number of ether oxygens (including phenoxy) is 1. The van der Waals surface area contributed by atoms with Crippen molar-refractivity contribution in [2.75, 3.05) is 18.5 Å². The molecular formula is C29H33ClN2O2. The van der Waals surface area contributed by atoms with Gasteiger partial charge in [-0.15, -0.1) is 0 Å². The zero-order chi connectivity index (χ0) is 23.7. The maximum absolute atomic E-state index is 13.3. The lowest BCUT2D eigenvalue weighted by Gasteiger charge is -2.36. The maximum Gasteiger partial charge on any atom is 0.258 e. The summed E-state index contributed by atoms with van der Waals surface area (Å²) in [5.74, 6) is 7.20. The smallest absolute Gasteiger partial charge is 0.258 e. The summed E-state index contributed by atoms with van der Waals surface area (Å²) in [6.07, 6.45) is 8.84. The van der Waals surface area contributed by atoms with Gasteiger partial charge in [0.05, 0.1) is 5.02 Å². The lowest BCUT2D eigenvalue weighted by molar-refractivity contribution is 0.0662. The number of amides is 1. The van der Waals surface area contributed by atoms with Crippen LogP contribution in [-0.4, -0.2) is 42.6 Å². The molecule has 178 valence electrons. The van der Waals surface area contributed by atoms with Crippen molar-refractivity contribution in [3.8, 4) is 17.6 Å². The Balaban J connectivity index is 1.27. The number of hydrogen-bond donors (Lipinski definition) is 0. The predicted molar refractivity (Wildman–Crippen MR) is 138 cm³/mol. The summed E-state index contributed by atoms with van der Waals surface area (Å²) in [6, 6.07) is 12.9. The number of nitrogens with zero attached hydrogens (tertiary/aromatic N) is 2. The van der Waals surface area contributed by atoms with Crippen LogP contribution in [0.5, 0.6) is 5.75 Å². The van der Waals surface area contributed by atoms with E-state index in [1.807, 2.05) is 35.2 Å². The van der Waals surface area contributed by atoms with Gasteiger partial charge in [0.15, 0.2) is 0 Å². The molecule has 2 bridgehead atoms. The number of halogens is 1. The van der Waals surface area contributed by atoms with Crippen molar-refractivity contribution in [3.63, 3.8) is 0 Å². The van der Waals surface area contributed by atoms with Crippen LogP contribution in [-0.2, 0) is 6.42 Å². The molecule has 0 spiro atoms. The van der Waals surface area contributed by atoms with Gasteiger partial charge in [0.2, 0.25) is 0 Å². The van der Waals surface area contributed by atoms with Gasteiger partial charge in [-0.05, 0) is 87.5 Å². The monoisotopic (exact) mass is 476 g/mol. The molecule has 2 fully saturated rings. The first-order valence-corrected chi connectivity index (χ1v) is 13.0. The number of hydrogen-bond acceptors (Lipinski definition) is 3. The van der Waals surface area contributed by atoms with Gasteiger partial charge in [-0.25, -0.2) is 0 Å². The van der Waals surface area contributed by atoms with E-state index in [1.54, 1.807) is 0 Å². The zero-order valence-electron chi connectivity index (χ0n) is 20.1. The Kier molecular flexibility index (Phi) is 6.86. The summed E-state index contributed by atoms with van der Waals surface area (Å²) in [5.41, 5.74) is 3.64. The summed E-state index contributed by atoms with van der Waals surface area (Å²) in [4.78, 5) is 17.6. The SMILES string of the molecule is CCCCC#Cc1ccc2c(c1)CCN(c1ccc(OC3C[C@H]4CC[C@@H](C3)N4C)c(Cl)c1)C2=O. The average molecular weight is 477 g/mol. The molecule has 5 rings (SSSR count). The molecule has 5 heteroatoms. The van der Waals surface area contributed by atoms with Gasteiger partial charge in [-0.3, -0.25) is 4.79 Å². The molecule has 2 saturated heterocycles. The van der Waals surface area contributed by atoms with Crippen molar-refractivity contribution in [2.45, 2.75) is 76.5 Å². The fourth-order valence-corrected chi connectivity index (χ4v) is 5.85. The van der Waals surface area contributed by atoms with Crippen LogP contribution >= 0.6 is 11.6 Å². The van der Waals surface area contributed by atoms with Crippen LogP contribution in [0.15, 0.2) is 36.4 Å². The second kappa shape index (κ2) is 10.0. The molecule has 2 aromatic rings. The lowest BCUT2D eigenvalue weighted by atomic mass is 9.96. The Labute approximate surface area is 208 Å². The molecule has 1 unspecified atom stereocenters. The van der Waals surface area contributed by atoms with Gasteiger partial charge < -0.3 is 14.5 Å². The molecule has 2 aromatic carbocycles. The van der Waals surface area contributed by atoms with Crippen LogP contribution < -0.4 is 9.64 Å². The van der Waals surface area contributed by atoms with Gasteiger partial charge in [0.1, 0.15) is 11.9 Å². The highest BCUT2D eigenvalue weighted by Crippen LogP contribution is 2.38. The number of unbranched alkanes of at least 4 members (excludes halogenated alkanes) is 2. The molecule has 3 atom stereocenters. The number of carbonyl (C=O) groups is 1. The largest absolute Gasteiger partial charge is 0.489 e. The number of benzene rings is 2. The Morgan fingerprint density at radius 3 is 2.65 bits per heavy atom. The molecule has 3 aliphatic heterocycles. The van der Waals surface area contributed by atoms with E-state index in [-0.39, 0.29) is 12.0 Å². The van der Waals surface area contributed by atoms with Crippen molar-refractivity contribution in [2.24, 2.45) is 0 Å². The average Bonchev–Trinajstić information content (AvgIpc) is 3.03. The minimum atomic E-state index is 0.0170. The molecular weight excluding hydrogens is 444 g/mol. The number of piperidine rings is 1. The number of rotatable bonds is 5. The molecule has 0 aromatic heterocycles. The number of fused-ring (bicyclic) bond motifs is 3. The fraction of sp³-hybridized carbons (Fsp3) is 0.483. The van der Waals surface area contributed by atoms with E-state index in [2.05, 4.69) is 36.8 Å². The quantitative estimate of drug-likeness (QED) is 0.386. The van der Waals surface area contributed by atoms with Crippen LogP contribution in [0.1, 0.15) is 73.4 Å². The zero-order valence-corrected chi connectivity index (χ0v) is 20.9. The third kappa shape index (κ3) is 4.69. The summed E-state index contributed by atoms with van der Waals surface area (Å²) < 4.78 is 6.33. The van der Waals surface area contributed by atoms with Gasteiger partial charge >= 0.3 is 0 Å². The molecule has 0 aliphatic carbocycles. The van der Waals surface area contributed by atoms with Gasteiger partial charge in [-0.1, -0.05) is 36.8 Å². The molecule has 0 saturated carbocycles. The minimum Gasteiger partial charge on any atom is -0.489 e. The van der Waals surface area contributed by atoms with Gasteiger partial charge in [-0.2, -0.15) is 0 Å². The summed E-state index contributed by atoms with van der Waals surface area (Å²) in [7, 11) is 2.23. The van der Waals surface area contributed by atoms with E-state index in [0.29, 0.717) is 23.7 Å². The molecule has 3 aliphatic rings. The Morgan fingerprint density at radius 2 is 1.91 bits per heavy atom. The Morgan fingerprint density at radius 1 is 1.12 bits per heavy atom. The van der Waals surface area contributed by atoms with E-state index in [4.69, 9.17) is 16.3 Å². The van der Waals surface area contributed by atoms with Gasteiger partial charge in [0, 0.05) is 41.9 Å². The summed E-state index contributed by atoms with van der Waals surface area (Å²) in [6.45, 7) is 2.80. The normalized spacial score (nSPS) is 23.9. The molecule has 34 heavy (non-hydrogen) atoms. The molecule has 0 N–H and O–H groups in total. The summed E-state index contributed by atoms with van der Waals surface area (Å²) >= 11 is 6.64. The van der Waals surface area contributed by atoms with E-state index < -0.39 is 0 Å². The number of anilines is 1. The highest BCUT2D eigenvalue weighted by atomic mass is 35.5. The lowest BCUT2D eigenvalue weighted by Crippen LogP contribution is -2.43. The highest BCUT2D eigenvalue weighted by molar-refractivity contribution is 6.32. The van der Waals surface area contributed by atoms with Crippen LogP contribution in [0.3, 0.4) is 0 Å². The van der Waals surface area contributed by atoms with Crippen LogP contribution in [0.2, 0.25) is 5.02 Å². The van der Waals surface area contributed by atoms with Crippen molar-refractivity contribution >= 4 is 23.2 Å². The first-order chi connectivity index (χ1) is 16.5. The van der Waals surface area contributed by atoms with Crippen molar-refractivity contribution in [1.29, 1.82) is 0 Å². The molecule has 0 radical (unpaired) electrons. The number of carbonyl (C=O) groups excluding carboxylic acids is 1. The third-order valence-corrected chi connectivity index (χ3v) is 7.94. The van der Waals surface area contributed by atoms with Crippen molar-refractivity contribution < 1.29 is 9.53 Å². The van der Waals surface area contributed by atoms with E-state index in [9.17, 15) is 4.79 Å². The van der Waals surface area contributed by atoms with Crippen molar-refractivity contribution in [3.05, 3.63) is 58.1 Å². The first-order valence-electron chi connectivity index (χ1n) is 12.6. The molecule has 4 nitrogen and oxygen atoms in total. The standard InChI is InChI=1S/C29H33ClN2O2/c1-3-4-5-6-7-20-8-12-26-21(16-20)14-15-32(29(26)33)24-11-13-28(27(30)19-24)34-25-17-22-9-10-23(18-25)31(22)2/h8,11-13,16,19,22-23,25H,3-5,9-10,14-15,17-18H2,1-2H3/t22-,23+,25?. The molecule has 1 amide bonds. The molecule has 3 heterocycles. The van der Waals surface area contributed by atoms with Gasteiger partial charge in [0.25, 0.3) is 5.91 Å². The van der Waals surface area contributed by atoms with Crippen LogP contribution in [0.4, 0.5) is 5.69 Å². The predicted octanol–water partition coefficient (Wildman–Crippen LogP) is 6.09. The third-order valence-electron chi connectivity index (χ3n) is 7.65. The van der Waals surface area contributed by atoms with Crippen LogP contribution in [0.25, 0.3) is 0 Å². The Hall–Kier alpha value is -2.48. The fourth-order valence-electron chi connectivity index (χ4n) is 5.63. The van der Waals surface area contributed by atoms with E-state index in [1.165, 1.54) is 12.8 Å². The van der Waals surface area contributed by atoms with Crippen LogP contribution in [0, 0.1) is 11.8 Å². The topological polar surface area (TPSA) is 32.8 Å². The first kappa shape index (κ1) is 23.3. The second-order valence-electron chi connectivity index (χ2n) is 9.86. The second-order valence-corrected chi connectivity index (χ2v) is 10.3. The minimum absolute atomic E-state index is 0.0170. The Bertz CT molecular complexity index is 1120. The summed E-state index contributed by atoms with van der Waals surface area (Å²) in [5, 5.41) is 0.570. The van der Waals surface area contributed by atoms with E-state index >= 15 is 0 Å².